The zero-order chi connectivity index (χ0) is 17.7. The van der Waals surface area contributed by atoms with E-state index in [0.29, 0.717) is 31.4 Å². The molecular formula is C19H25F2NO2. The second-order valence-electron chi connectivity index (χ2n) is 6.16. The van der Waals surface area contributed by atoms with Gasteiger partial charge in [0.05, 0.1) is 12.7 Å². The largest absolute Gasteiger partial charge is 0.465 e. The predicted octanol–water partition coefficient (Wildman–Crippen LogP) is 4.61. The van der Waals surface area contributed by atoms with E-state index < -0.39 is 5.92 Å². The van der Waals surface area contributed by atoms with Gasteiger partial charge in [-0.2, -0.15) is 0 Å². The fraction of sp³-hybridized carbons (Fsp3) is 0.526. The Labute approximate surface area is 142 Å². The molecule has 0 heterocycles. The Balaban J connectivity index is 2.37. The lowest BCUT2D eigenvalue weighted by Gasteiger charge is -2.39. The minimum absolute atomic E-state index is 0.0612. The first kappa shape index (κ1) is 18.4. The van der Waals surface area contributed by atoms with Crippen molar-refractivity contribution in [2.75, 3.05) is 18.6 Å². The van der Waals surface area contributed by atoms with Crippen molar-refractivity contribution in [2.24, 2.45) is 0 Å². The SMILES string of the molecule is C=CCc1c(C(=O)OC)cccc1N(CC)C1CCC(F)(F)CC1. The van der Waals surface area contributed by atoms with Crippen LogP contribution in [0.5, 0.6) is 0 Å². The summed E-state index contributed by atoms with van der Waals surface area (Å²) in [4.78, 5) is 14.2. The van der Waals surface area contributed by atoms with Crippen LogP contribution in [0.3, 0.4) is 0 Å². The van der Waals surface area contributed by atoms with Gasteiger partial charge in [0.1, 0.15) is 0 Å². The van der Waals surface area contributed by atoms with E-state index in [2.05, 4.69) is 11.5 Å². The number of esters is 1. The van der Waals surface area contributed by atoms with Crippen molar-refractivity contribution in [2.45, 2.75) is 51.0 Å². The zero-order valence-corrected chi connectivity index (χ0v) is 14.4. The summed E-state index contributed by atoms with van der Waals surface area (Å²) in [6.45, 7) is 6.48. The van der Waals surface area contributed by atoms with Gasteiger partial charge in [-0.1, -0.05) is 12.1 Å². The van der Waals surface area contributed by atoms with E-state index in [0.717, 1.165) is 11.3 Å². The third kappa shape index (κ3) is 3.94. The molecule has 0 unspecified atom stereocenters. The number of benzene rings is 1. The van der Waals surface area contributed by atoms with Crippen LogP contribution in [0.2, 0.25) is 0 Å². The Hall–Kier alpha value is -1.91. The monoisotopic (exact) mass is 337 g/mol. The van der Waals surface area contributed by atoms with Crippen LogP contribution in [0.4, 0.5) is 14.5 Å². The number of carbonyl (C=O) groups is 1. The van der Waals surface area contributed by atoms with Crippen LogP contribution in [0.25, 0.3) is 0 Å². The summed E-state index contributed by atoms with van der Waals surface area (Å²) in [5.41, 5.74) is 2.27. The van der Waals surface area contributed by atoms with Crippen LogP contribution < -0.4 is 4.90 Å². The highest BCUT2D eigenvalue weighted by molar-refractivity contribution is 5.93. The molecule has 1 aromatic rings. The third-order valence-corrected chi connectivity index (χ3v) is 4.68. The van der Waals surface area contributed by atoms with E-state index in [9.17, 15) is 13.6 Å². The number of allylic oxidation sites excluding steroid dienone is 1. The molecule has 0 aliphatic heterocycles. The van der Waals surface area contributed by atoms with Crippen LogP contribution in [-0.4, -0.2) is 31.6 Å². The van der Waals surface area contributed by atoms with Gasteiger partial charge in [-0.25, -0.2) is 13.6 Å². The molecule has 24 heavy (non-hydrogen) atoms. The number of alkyl halides is 2. The van der Waals surface area contributed by atoms with Crippen molar-refractivity contribution in [1.82, 2.24) is 0 Å². The summed E-state index contributed by atoms with van der Waals surface area (Å²) < 4.78 is 31.8. The molecule has 5 heteroatoms. The van der Waals surface area contributed by atoms with Crippen molar-refractivity contribution in [1.29, 1.82) is 0 Å². The standard InChI is InChI=1S/C19H25F2NO2/c1-4-7-15-16(18(23)24-3)8-6-9-17(15)22(5-2)14-10-12-19(20,21)13-11-14/h4,6,8-9,14H,1,5,7,10-13H2,2-3H3. The van der Waals surface area contributed by atoms with Gasteiger partial charge in [0.2, 0.25) is 5.92 Å². The van der Waals surface area contributed by atoms with Gasteiger partial charge < -0.3 is 9.64 Å². The first-order valence-electron chi connectivity index (χ1n) is 8.39. The number of hydrogen-bond acceptors (Lipinski definition) is 3. The van der Waals surface area contributed by atoms with Crippen molar-refractivity contribution in [3.8, 4) is 0 Å². The molecule has 0 atom stereocenters. The Bertz CT molecular complexity index is 591. The van der Waals surface area contributed by atoms with Crippen LogP contribution in [0, 0.1) is 0 Å². The summed E-state index contributed by atoms with van der Waals surface area (Å²) in [6, 6.07) is 5.55. The van der Waals surface area contributed by atoms with Crippen molar-refractivity contribution < 1.29 is 18.3 Å². The average molecular weight is 337 g/mol. The van der Waals surface area contributed by atoms with Gasteiger partial charge >= 0.3 is 5.97 Å². The van der Waals surface area contributed by atoms with Gasteiger partial charge in [-0.15, -0.1) is 6.58 Å². The molecule has 1 aliphatic carbocycles. The van der Waals surface area contributed by atoms with Gasteiger partial charge in [0, 0.05) is 31.1 Å². The second kappa shape index (κ2) is 7.77. The molecule has 1 saturated carbocycles. The molecule has 0 radical (unpaired) electrons. The van der Waals surface area contributed by atoms with E-state index in [1.54, 1.807) is 12.1 Å². The highest BCUT2D eigenvalue weighted by Crippen LogP contribution is 2.37. The Kier molecular flexibility index (Phi) is 5.97. The Morgan fingerprint density at radius 2 is 2.08 bits per heavy atom. The summed E-state index contributed by atoms with van der Waals surface area (Å²) in [7, 11) is 1.35. The van der Waals surface area contributed by atoms with Gasteiger partial charge in [0.15, 0.2) is 0 Å². The molecular weight excluding hydrogens is 312 g/mol. The number of rotatable bonds is 6. The highest BCUT2D eigenvalue weighted by Gasteiger charge is 2.37. The number of halogens is 2. The van der Waals surface area contributed by atoms with E-state index >= 15 is 0 Å². The Morgan fingerprint density at radius 3 is 2.62 bits per heavy atom. The summed E-state index contributed by atoms with van der Waals surface area (Å²) >= 11 is 0. The van der Waals surface area contributed by atoms with E-state index in [1.165, 1.54) is 7.11 Å². The Morgan fingerprint density at radius 1 is 1.42 bits per heavy atom. The number of anilines is 1. The lowest BCUT2D eigenvalue weighted by molar-refractivity contribution is -0.0380. The number of methoxy groups -OCH3 is 1. The van der Waals surface area contributed by atoms with Crippen LogP contribution in [-0.2, 0) is 11.2 Å². The minimum Gasteiger partial charge on any atom is -0.465 e. The molecule has 0 amide bonds. The molecule has 0 saturated heterocycles. The van der Waals surface area contributed by atoms with Crippen LogP contribution >= 0.6 is 0 Å². The second-order valence-corrected chi connectivity index (χ2v) is 6.16. The first-order chi connectivity index (χ1) is 11.4. The number of ether oxygens (including phenoxy) is 1. The fourth-order valence-electron chi connectivity index (χ4n) is 3.47. The lowest BCUT2D eigenvalue weighted by Crippen LogP contribution is -2.41. The molecule has 0 bridgehead atoms. The molecule has 3 nitrogen and oxygen atoms in total. The summed E-state index contributed by atoms with van der Waals surface area (Å²) in [5.74, 6) is -2.94. The number of carbonyl (C=O) groups excluding carboxylic acids is 1. The maximum absolute atomic E-state index is 13.5. The third-order valence-electron chi connectivity index (χ3n) is 4.68. The number of hydrogen-bond donors (Lipinski definition) is 0. The smallest absolute Gasteiger partial charge is 0.338 e. The summed E-state index contributed by atoms with van der Waals surface area (Å²) in [6.07, 6.45) is 3.02. The molecule has 1 aromatic carbocycles. The molecule has 132 valence electrons. The van der Waals surface area contributed by atoms with E-state index in [-0.39, 0.29) is 24.9 Å². The molecule has 0 spiro atoms. The van der Waals surface area contributed by atoms with Crippen molar-refractivity contribution in [3.05, 3.63) is 42.0 Å². The maximum Gasteiger partial charge on any atom is 0.338 e. The zero-order valence-electron chi connectivity index (χ0n) is 14.4. The van der Waals surface area contributed by atoms with Crippen LogP contribution in [0.15, 0.2) is 30.9 Å². The summed E-state index contributed by atoms with van der Waals surface area (Å²) in [5, 5.41) is 0. The maximum atomic E-state index is 13.5. The quantitative estimate of drug-likeness (QED) is 0.561. The molecule has 2 rings (SSSR count). The van der Waals surface area contributed by atoms with Crippen molar-refractivity contribution in [3.63, 3.8) is 0 Å². The number of nitrogens with zero attached hydrogens (tertiary/aromatic N) is 1. The minimum atomic E-state index is -2.55. The van der Waals surface area contributed by atoms with Gasteiger partial charge in [-0.3, -0.25) is 0 Å². The predicted molar refractivity (Wildman–Crippen MR) is 91.9 cm³/mol. The molecule has 0 N–H and O–H groups in total. The van der Waals surface area contributed by atoms with E-state index in [4.69, 9.17) is 4.74 Å². The van der Waals surface area contributed by atoms with E-state index in [1.807, 2.05) is 19.1 Å². The van der Waals surface area contributed by atoms with Gasteiger partial charge in [-0.05, 0) is 43.9 Å². The molecule has 1 aliphatic rings. The normalized spacial score (nSPS) is 17.3. The molecule has 0 aromatic heterocycles. The fourth-order valence-corrected chi connectivity index (χ4v) is 3.47. The topological polar surface area (TPSA) is 29.5 Å². The van der Waals surface area contributed by atoms with Gasteiger partial charge in [0.25, 0.3) is 0 Å². The lowest BCUT2D eigenvalue weighted by atomic mass is 9.90. The van der Waals surface area contributed by atoms with Crippen molar-refractivity contribution >= 4 is 11.7 Å². The highest BCUT2D eigenvalue weighted by atomic mass is 19.3. The van der Waals surface area contributed by atoms with Crippen LogP contribution in [0.1, 0.15) is 48.5 Å². The molecule has 1 fully saturated rings. The first-order valence-corrected chi connectivity index (χ1v) is 8.39. The average Bonchev–Trinajstić information content (AvgIpc) is 2.57.